The highest BCUT2D eigenvalue weighted by Gasteiger charge is 2.16. The minimum Gasteiger partial charge on any atom is -0.387 e. The van der Waals surface area contributed by atoms with Gasteiger partial charge < -0.3 is 15.7 Å². The predicted octanol–water partition coefficient (Wildman–Crippen LogP) is 3.03. The SMILES string of the molecule is CC(C)(C)NC(=O)NC[C@H](O)c1csc2ccccc12. The first-order valence-electron chi connectivity index (χ1n) is 6.57. The number of carbonyl (C=O) groups excluding carboxylic acids is 1. The monoisotopic (exact) mass is 292 g/mol. The molecule has 0 saturated heterocycles. The Labute approximate surface area is 122 Å². The van der Waals surface area contributed by atoms with Gasteiger partial charge in [0.25, 0.3) is 0 Å². The Morgan fingerprint density at radius 1 is 1.35 bits per heavy atom. The number of aliphatic hydroxyl groups is 1. The minimum absolute atomic E-state index is 0.197. The van der Waals surface area contributed by atoms with Crippen molar-refractivity contribution in [2.24, 2.45) is 0 Å². The number of hydrogen-bond donors (Lipinski definition) is 3. The third-order valence-electron chi connectivity index (χ3n) is 2.81. The molecule has 4 nitrogen and oxygen atoms in total. The molecule has 1 heterocycles. The second kappa shape index (κ2) is 5.81. The molecule has 1 aromatic heterocycles. The van der Waals surface area contributed by atoms with Crippen LogP contribution in [0.1, 0.15) is 32.4 Å². The fraction of sp³-hybridized carbons (Fsp3) is 0.400. The van der Waals surface area contributed by atoms with E-state index in [1.807, 2.05) is 50.4 Å². The van der Waals surface area contributed by atoms with Gasteiger partial charge in [0.1, 0.15) is 0 Å². The molecular formula is C15H20N2O2S. The van der Waals surface area contributed by atoms with Crippen LogP contribution in [0.5, 0.6) is 0 Å². The lowest BCUT2D eigenvalue weighted by atomic mass is 10.1. The summed E-state index contributed by atoms with van der Waals surface area (Å²) in [5.41, 5.74) is 0.575. The molecule has 1 atom stereocenters. The lowest BCUT2D eigenvalue weighted by Crippen LogP contribution is -2.47. The Balaban J connectivity index is 1.99. The number of rotatable bonds is 3. The number of thiophene rings is 1. The minimum atomic E-state index is -0.697. The highest BCUT2D eigenvalue weighted by molar-refractivity contribution is 7.17. The summed E-state index contributed by atoms with van der Waals surface area (Å²) in [5, 5.41) is 18.7. The molecule has 108 valence electrons. The van der Waals surface area contributed by atoms with E-state index < -0.39 is 6.10 Å². The van der Waals surface area contributed by atoms with E-state index in [0.717, 1.165) is 15.6 Å². The van der Waals surface area contributed by atoms with Gasteiger partial charge in [0.2, 0.25) is 0 Å². The van der Waals surface area contributed by atoms with E-state index in [4.69, 9.17) is 0 Å². The number of aliphatic hydroxyl groups excluding tert-OH is 1. The molecule has 0 unspecified atom stereocenters. The molecule has 3 N–H and O–H groups in total. The summed E-state index contributed by atoms with van der Waals surface area (Å²) in [6, 6.07) is 7.67. The van der Waals surface area contributed by atoms with Gasteiger partial charge in [0.05, 0.1) is 6.10 Å². The number of amides is 2. The van der Waals surface area contributed by atoms with Gasteiger partial charge in [-0.2, -0.15) is 0 Å². The summed E-state index contributed by atoms with van der Waals surface area (Å²) in [7, 11) is 0. The largest absolute Gasteiger partial charge is 0.387 e. The summed E-state index contributed by atoms with van der Waals surface area (Å²) in [6.07, 6.45) is -0.697. The van der Waals surface area contributed by atoms with Gasteiger partial charge in [0.15, 0.2) is 0 Å². The van der Waals surface area contributed by atoms with Gasteiger partial charge in [-0.1, -0.05) is 18.2 Å². The third-order valence-corrected chi connectivity index (χ3v) is 3.80. The number of benzene rings is 1. The van der Waals surface area contributed by atoms with Gasteiger partial charge >= 0.3 is 6.03 Å². The molecule has 2 amide bonds. The maximum absolute atomic E-state index is 11.7. The lowest BCUT2D eigenvalue weighted by molar-refractivity contribution is 0.173. The van der Waals surface area contributed by atoms with Crippen LogP contribution in [-0.4, -0.2) is 23.2 Å². The van der Waals surface area contributed by atoms with Crippen molar-refractivity contribution in [3.05, 3.63) is 35.2 Å². The molecule has 2 aromatic rings. The van der Waals surface area contributed by atoms with Gasteiger partial charge in [-0.05, 0) is 37.6 Å². The molecule has 0 aliphatic carbocycles. The van der Waals surface area contributed by atoms with Gasteiger partial charge in [-0.3, -0.25) is 0 Å². The van der Waals surface area contributed by atoms with Crippen LogP contribution in [0.3, 0.4) is 0 Å². The Morgan fingerprint density at radius 2 is 2.05 bits per heavy atom. The van der Waals surface area contributed by atoms with E-state index in [-0.39, 0.29) is 18.1 Å². The van der Waals surface area contributed by atoms with Crippen molar-refractivity contribution in [3.8, 4) is 0 Å². The Hall–Kier alpha value is -1.59. The molecule has 20 heavy (non-hydrogen) atoms. The number of carbonyl (C=O) groups is 1. The van der Waals surface area contributed by atoms with Crippen molar-refractivity contribution in [1.29, 1.82) is 0 Å². The Morgan fingerprint density at radius 3 is 2.75 bits per heavy atom. The third kappa shape index (κ3) is 3.71. The molecule has 0 aliphatic heterocycles. The van der Waals surface area contributed by atoms with Gasteiger partial charge in [0, 0.05) is 22.3 Å². The first kappa shape index (κ1) is 14.8. The highest BCUT2D eigenvalue weighted by Crippen LogP contribution is 2.29. The smallest absolute Gasteiger partial charge is 0.315 e. The van der Waals surface area contributed by atoms with Gasteiger partial charge in [-0.25, -0.2) is 4.79 Å². The van der Waals surface area contributed by atoms with Gasteiger partial charge in [-0.15, -0.1) is 11.3 Å². The van der Waals surface area contributed by atoms with Crippen LogP contribution in [0.2, 0.25) is 0 Å². The van der Waals surface area contributed by atoms with Crippen LogP contribution < -0.4 is 10.6 Å². The van der Waals surface area contributed by atoms with E-state index in [0.29, 0.717) is 0 Å². The molecule has 0 aliphatic rings. The zero-order valence-corrected chi connectivity index (χ0v) is 12.8. The molecule has 1 aromatic carbocycles. The average Bonchev–Trinajstić information content (AvgIpc) is 2.78. The molecule has 0 radical (unpaired) electrons. The van der Waals surface area contributed by atoms with Crippen molar-refractivity contribution in [2.45, 2.75) is 32.4 Å². The van der Waals surface area contributed by atoms with E-state index in [9.17, 15) is 9.90 Å². The Kier molecular flexibility index (Phi) is 4.30. The fourth-order valence-corrected chi connectivity index (χ4v) is 2.95. The van der Waals surface area contributed by atoms with Crippen molar-refractivity contribution >= 4 is 27.5 Å². The standard InChI is InChI=1S/C15H20N2O2S/c1-15(2,3)17-14(19)16-8-12(18)11-9-20-13-7-5-4-6-10(11)13/h4-7,9,12,18H,8H2,1-3H3,(H2,16,17,19)/t12-/m0/s1. The normalized spacial score (nSPS) is 13.2. The number of fused-ring (bicyclic) bond motifs is 1. The lowest BCUT2D eigenvalue weighted by Gasteiger charge is -2.21. The van der Waals surface area contributed by atoms with Crippen molar-refractivity contribution in [1.82, 2.24) is 10.6 Å². The van der Waals surface area contributed by atoms with Crippen molar-refractivity contribution in [2.75, 3.05) is 6.54 Å². The molecule has 0 fully saturated rings. The highest BCUT2D eigenvalue weighted by atomic mass is 32.1. The van der Waals surface area contributed by atoms with Crippen LogP contribution in [0, 0.1) is 0 Å². The van der Waals surface area contributed by atoms with E-state index in [1.165, 1.54) is 0 Å². The first-order chi connectivity index (χ1) is 9.37. The molecule has 0 saturated carbocycles. The van der Waals surface area contributed by atoms with Crippen LogP contribution in [0.4, 0.5) is 4.79 Å². The maximum Gasteiger partial charge on any atom is 0.315 e. The molecule has 5 heteroatoms. The zero-order valence-electron chi connectivity index (χ0n) is 11.9. The quantitative estimate of drug-likeness (QED) is 0.814. The van der Waals surface area contributed by atoms with Crippen molar-refractivity contribution < 1.29 is 9.90 Å². The fourth-order valence-electron chi connectivity index (χ4n) is 1.94. The molecule has 2 rings (SSSR count). The Bertz CT molecular complexity index is 601. The summed E-state index contributed by atoms with van der Waals surface area (Å²) in [5.74, 6) is 0. The predicted molar refractivity (Wildman–Crippen MR) is 83.1 cm³/mol. The summed E-state index contributed by atoms with van der Waals surface area (Å²) < 4.78 is 1.14. The summed E-state index contributed by atoms with van der Waals surface area (Å²) in [4.78, 5) is 11.7. The van der Waals surface area contributed by atoms with Crippen LogP contribution in [-0.2, 0) is 0 Å². The van der Waals surface area contributed by atoms with Crippen LogP contribution in [0.15, 0.2) is 29.6 Å². The van der Waals surface area contributed by atoms with Crippen LogP contribution >= 0.6 is 11.3 Å². The number of nitrogens with one attached hydrogen (secondary N) is 2. The van der Waals surface area contributed by atoms with E-state index in [1.54, 1.807) is 11.3 Å². The second-order valence-electron chi connectivity index (χ2n) is 5.79. The molecule has 0 spiro atoms. The van der Waals surface area contributed by atoms with E-state index >= 15 is 0 Å². The first-order valence-corrected chi connectivity index (χ1v) is 7.45. The van der Waals surface area contributed by atoms with E-state index in [2.05, 4.69) is 10.6 Å². The number of hydrogen-bond acceptors (Lipinski definition) is 3. The topological polar surface area (TPSA) is 61.4 Å². The summed E-state index contributed by atoms with van der Waals surface area (Å²) >= 11 is 1.60. The summed E-state index contributed by atoms with van der Waals surface area (Å²) in [6.45, 7) is 5.93. The van der Waals surface area contributed by atoms with Crippen molar-refractivity contribution in [3.63, 3.8) is 0 Å². The second-order valence-corrected chi connectivity index (χ2v) is 6.70. The maximum atomic E-state index is 11.7. The van der Waals surface area contributed by atoms with Crippen LogP contribution in [0.25, 0.3) is 10.1 Å². The average molecular weight is 292 g/mol. The zero-order chi connectivity index (χ0) is 14.8. The number of urea groups is 1. The molecule has 0 bridgehead atoms. The molecular weight excluding hydrogens is 272 g/mol.